The molecule has 1 heterocycles. The molecular formula is C31H34N2O6. The van der Waals surface area contributed by atoms with E-state index in [0.717, 1.165) is 10.9 Å². The Kier molecular flexibility index (Phi) is 8.76. The third kappa shape index (κ3) is 6.17. The molecule has 0 radical (unpaired) electrons. The van der Waals surface area contributed by atoms with Crippen LogP contribution in [0.1, 0.15) is 42.3 Å². The number of hydrogen-bond acceptors (Lipinski definition) is 6. The number of anilines is 1. The lowest BCUT2D eigenvalue weighted by Crippen LogP contribution is -2.33. The highest BCUT2D eigenvalue weighted by Crippen LogP contribution is 2.40. The van der Waals surface area contributed by atoms with Crippen LogP contribution >= 0.6 is 0 Å². The van der Waals surface area contributed by atoms with Crippen LogP contribution in [0.15, 0.2) is 65.5 Å². The summed E-state index contributed by atoms with van der Waals surface area (Å²) >= 11 is 0. The number of pyridine rings is 1. The van der Waals surface area contributed by atoms with E-state index in [1.165, 1.54) is 0 Å². The van der Waals surface area contributed by atoms with Gasteiger partial charge in [0.25, 0.3) is 11.5 Å². The number of nitrogens with zero attached hydrogens (tertiary/aromatic N) is 1. The number of amides is 1. The Morgan fingerprint density at radius 3 is 2.08 bits per heavy atom. The number of H-pyrrole nitrogens is 1. The lowest BCUT2D eigenvalue weighted by Gasteiger charge is -2.24. The number of aromatic nitrogens is 1. The molecule has 3 aromatic carbocycles. The van der Waals surface area contributed by atoms with E-state index in [1.54, 1.807) is 42.3 Å². The van der Waals surface area contributed by atoms with Crippen LogP contribution in [0.25, 0.3) is 10.9 Å². The van der Waals surface area contributed by atoms with E-state index >= 15 is 0 Å². The predicted molar refractivity (Wildman–Crippen MR) is 153 cm³/mol. The van der Waals surface area contributed by atoms with E-state index in [-0.39, 0.29) is 18.0 Å². The van der Waals surface area contributed by atoms with Gasteiger partial charge in [0.05, 0.1) is 33.5 Å². The zero-order chi connectivity index (χ0) is 27.9. The maximum absolute atomic E-state index is 14.1. The summed E-state index contributed by atoms with van der Waals surface area (Å²) in [4.78, 5) is 31.7. The van der Waals surface area contributed by atoms with E-state index in [9.17, 15) is 9.59 Å². The van der Waals surface area contributed by atoms with Crippen molar-refractivity contribution in [3.05, 3.63) is 87.7 Å². The van der Waals surface area contributed by atoms with Crippen LogP contribution in [-0.2, 0) is 6.54 Å². The maximum atomic E-state index is 14.1. The number of rotatable bonds is 11. The molecular weight excluding hydrogens is 496 g/mol. The molecule has 204 valence electrons. The van der Waals surface area contributed by atoms with Gasteiger partial charge in [0.1, 0.15) is 5.75 Å². The Labute approximate surface area is 228 Å². The van der Waals surface area contributed by atoms with Gasteiger partial charge in [-0.3, -0.25) is 9.59 Å². The van der Waals surface area contributed by atoms with Gasteiger partial charge in [-0.2, -0.15) is 0 Å². The average Bonchev–Trinajstić information content (AvgIpc) is 2.93. The van der Waals surface area contributed by atoms with Gasteiger partial charge in [-0.15, -0.1) is 0 Å². The van der Waals surface area contributed by atoms with Gasteiger partial charge in [-0.25, -0.2) is 0 Å². The second-order valence-corrected chi connectivity index (χ2v) is 8.90. The summed E-state index contributed by atoms with van der Waals surface area (Å²) in [6.07, 6.45) is 0. The van der Waals surface area contributed by atoms with E-state index in [1.807, 2.05) is 58.0 Å². The smallest absolute Gasteiger partial charge is 0.258 e. The third-order valence-corrected chi connectivity index (χ3v) is 6.20. The van der Waals surface area contributed by atoms with Crippen molar-refractivity contribution in [2.45, 2.75) is 34.2 Å². The first-order valence-electron chi connectivity index (χ1n) is 13.0. The van der Waals surface area contributed by atoms with Crippen molar-refractivity contribution in [1.29, 1.82) is 0 Å². The number of carbonyl (C=O) groups excluding carboxylic acids is 1. The monoisotopic (exact) mass is 530 g/mol. The van der Waals surface area contributed by atoms with Crippen LogP contribution in [0.4, 0.5) is 5.69 Å². The number of aryl methyl sites for hydroxylation is 1. The zero-order valence-corrected chi connectivity index (χ0v) is 23.0. The van der Waals surface area contributed by atoms with E-state index < -0.39 is 0 Å². The summed E-state index contributed by atoms with van der Waals surface area (Å²) in [5.74, 6) is 1.67. The van der Waals surface area contributed by atoms with Crippen LogP contribution in [-0.4, -0.2) is 37.8 Å². The molecule has 0 atom stereocenters. The van der Waals surface area contributed by atoms with Crippen LogP contribution in [0.5, 0.6) is 23.0 Å². The summed E-state index contributed by atoms with van der Waals surface area (Å²) in [5.41, 5.74) is 2.91. The lowest BCUT2D eigenvalue weighted by atomic mass is 10.1. The van der Waals surface area contributed by atoms with Gasteiger partial charge >= 0.3 is 0 Å². The largest absolute Gasteiger partial charge is 0.497 e. The van der Waals surface area contributed by atoms with Crippen molar-refractivity contribution < 1.29 is 23.7 Å². The molecule has 0 aliphatic rings. The topological polar surface area (TPSA) is 90.1 Å². The molecule has 0 spiro atoms. The SMILES string of the molecule is CCOc1cc(C(=O)N(Cc2cc3cc(OC)ccc3[nH]c2=O)c2ccc(C)cc2)cc(OCC)c1OCC. The zero-order valence-electron chi connectivity index (χ0n) is 23.0. The molecule has 4 aromatic rings. The maximum Gasteiger partial charge on any atom is 0.258 e. The molecule has 0 aliphatic carbocycles. The highest BCUT2D eigenvalue weighted by molar-refractivity contribution is 6.07. The fourth-order valence-corrected chi connectivity index (χ4v) is 4.32. The van der Waals surface area contributed by atoms with E-state index in [0.29, 0.717) is 65.1 Å². The van der Waals surface area contributed by atoms with Gasteiger partial charge in [-0.1, -0.05) is 17.7 Å². The van der Waals surface area contributed by atoms with Gasteiger partial charge in [0.15, 0.2) is 11.5 Å². The van der Waals surface area contributed by atoms with Crippen molar-refractivity contribution in [2.75, 3.05) is 31.8 Å². The van der Waals surface area contributed by atoms with Crippen LogP contribution < -0.4 is 29.4 Å². The van der Waals surface area contributed by atoms with E-state index in [2.05, 4.69) is 4.98 Å². The standard InChI is InChI=1S/C31H34N2O6/c1-6-37-27-17-22(18-28(38-7-2)29(27)39-8-3)31(35)33(24-11-9-20(4)10-12-24)19-23-15-21-16-25(36-5)13-14-26(21)32-30(23)34/h9-18H,6-8,19H2,1-5H3,(H,32,34). The molecule has 0 unspecified atom stereocenters. The quantitative estimate of drug-likeness (QED) is 0.260. The first-order valence-corrected chi connectivity index (χ1v) is 13.0. The van der Waals surface area contributed by atoms with Crippen molar-refractivity contribution >= 4 is 22.5 Å². The fourth-order valence-electron chi connectivity index (χ4n) is 4.32. The van der Waals surface area contributed by atoms with Gasteiger partial charge < -0.3 is 28.8 Å². The number of hydrogen-bond donors (Lipinski definition) is 1. The molecule has 0 aliphatic heterocycles. The number of fused-ring (bicyclic) bond motifs is 1. The molecule has 0 saturated carbocycles. The number of nitrogens with one attached hydrogen (secondary N) is 1. The molecule has 4 rings (SSSR count). The highest BCUT2D eigenvalue weighted by atomic mass is 16.5. The van der Waals surface area contributed by atoms with Crippen molar-refractivity contribution in [2.24, 2.45) is 0 Å². The minimum absolute atomic E-state index is 0.0471. The summed E-state index contributed by atoms with van der Waals surface area (Å²) in [6.45, 7) is 8.83. The number of methoxy groups -OCH3 is 1. The Morgan fingerprint density at radius 1 is 0.846 bits per heavy atom. The predicted octanol–water partition coefficient (Wildman–Crippen LogP) is 5.89. The van der Waals surface area contributed by atoms with Crippen molar-refractivity contribution in [3.63, 3.8) is 0 Å². The number of carbonyl (C=O) groups is 1. The molecule has 0 saturated heterocycles. The van der Waals surface area contributed by atoms with Gasteiger partial charge in [0.2, 0.25) is 5.75 Å². The number of ether oxygens (including phenoxy) is 4. The summed E-state index contributed by atoms with van der Waals surface area (Å²) in [5, 5.41) is 0.804. The second-order valence-electron chi connectivity index (χ2n) is 8.90. The normalized spacial score (nSPS) is 10.8. The Balaban J connectivity index is 1.82. The van der Waals surface area contributed by atoms with Crippen LogP contribution in [0, 0.1) is 6.92 Å². The molecule has 8 heteroatoms. The Morgan fingerprint density at radius 2 is 1.49 bits per heavy atom. The summed E-state index contributed by atoms with van der Waals surface area (Å²) < 4.78 is 22.8. The molecule has 1 N–H and O–H groups in total. The first kappa shape index (κ1) is 27.6. The number of aromatic amines is 1. The number of benzene rings is 3. The van der Waals surface area contributed by atoms with Crippen molar-refractivity contribution in [3.8, 4) is 23.0 Å². The molecule has 0 fully saturated rings. The Hall–Kier alpha value is -4.46. The van der Waals surface area contributed by atoms with Gasteiger partial charge in [-0.05, 0) is 76.2 Å². The van der Waals surface area contributed by atoms with Crippen molar-refractivity contribution in [1.82, 2.24) is 4.98 Å². The van der Waals surface area contributed by atoms with Crippen LogP contribution in [0.3, 0.4) is 0 Å². The average molecular weight is 531 g/mol. The highest BCUT2D eigenvalue weighted by Gasteiger charge is 2.24. The minimum Gasteiger partial charge on any atom is -0.497 e. The lowest BCUT2D eigenvalue weighted by molar-refractivity contribution is 0.0984. The van der Waals surface area contributed by atoms with Crippen LogP contribution in [0.2, 0.25) is 0 Å². The molecule has 8 nitrogen and oxygen atoms in total. The summed E-state index contributed by atoms with van der Waals surface area (Å²) in [6, 6.07) is 18.2. The summed E-state index contributed by atoms with van der Waals surface area (Å²) in [7, 11) is 1.59. The van der Waals surface area contributed by atoms with Gasteiger partial charge in [0, 0.05) is 27.7 Å². The third-order valence-electron chi connectivity index (χ3n) is 6.20. The minimum atomic E-state index is -0.311. The molecule has 0 bridgehead atoms. The molecule has 1 amide bonds. The molecule has 39 heavy (non-hydrogen) atoms. The Bertz CT molecular complexity index is 1480. The van der Waals surface area contributed by atoms with E-state index in [4.69, 9.17) is 18.9 Å². The molecule has 1 aromatic heterocycles. The first-order chi connectivity index (χ1) is 18.9. The second kappa shape index (κ2) is 12.4. The fraction of sp³-hybridized carbons (Fsp3) is 0.290.